The highest BCUT2D eigenvalue weighted by molar-refractivity contribution is 7.90. The van der Waals surface area contributed by atoms with Crippen molar-refractivity contribution < 1.29 is 26.4 Å². The van der Waals surface area contributed by atoms with Gasteiger partial charge < -0.3 is 10.6 Å². The number of hydrogen-bond acceptors (Lipinski definition) is 4. The zero-order chi connectivity index (χ0) is 23.3. The Morgan fingerprint density at radius 1 is 1.03 bits per heavy atom. The molecule has 0 aromatic heterocycles. The van der Waals surface area contributed by atoms with Gasteiger partial charge in [0.25, 0.3) is 0 Å². The molecule has 174 valence electrons. The van der Waals surface area contributed by atoms with Gasteiger partial charge in [-0.25, -0.2) is 21.6 Å². The van der Waals surface area contributed by atoms with Gasteiger partial charge in [0.05, 0.1) is 11.5 Å². The molecule has 1 fully saturated rings. The average Bonchev–Trinajstić information content (AvgIpc) is 2.76. The van der Waals surface area contributed by atoms with Crippen LogP contribution in [0.5, 0.6) is 0 Å². The second-order valence-corrected chi connectivity index (χ2v) is 10.5. The molecule has 2 aromatic carbocycles. The highest BCUT2D eigenvalue weighted by Crippen LogP contribution is 2.24. The van der Waals surface area contributed by atoms with E-state index in [1.165, 1.54) is 0 Å². The van der Waals surface area contributed by atoms with Crippen LogP contribution in [0.3, 0.4) is 0 Å². The first kappa shape index (κ1) is 24.3. The van der Waals surface area contributed by atoms with Crippen molar-refractivity contribution in [2.24, 2.45) is 11.7 Å². The highest BCUT2D eigenvalue weighted by atomic mass is 32.2. The summed E-state index contributed by atoms with van der Waals surface area (Å²) in [6.45, 7) is 0.854. The second-order valence-electron chi connectivity index (χ2n) is 8.27. The van der Waals surface area contributed by atoms with Crippen molar-refractivity contribution in [3.63, 3.8) is 0 Å². The SMILES string of the molecule is NC(Cc1cc(F)c(F)cc1F)C1CCN(C(=O)CCS(=O)(=O)Cc2ccccc2)CC1. The first-order valence-electron chi connectivity index (χ1n) is 10.6. The van der Waals surface area contributed by atoms with Crippen molar-refractivity contribution in [1.29, 1.82) is 0 Å². The minimum atomic E-state index is -3.40. The predicted octanol–water partition coefficient (Wildman–Crippen LogP) is 3.22. The Bertz CT molecular complexity index is 1040. The van der Waals surface area contributed by atoms with E-state index in [0.29, 0.717) is 37.6 Å². The van der Waals surface area contributed by atoms with Crippen LogP contribution in [0.1, 0.15) is 30.4 Å². The van der Waals surface area contributed by atoms with E-state index in [1.54, 1.807) is 29.2 Å². The van der Waals surface area contributed by atoms with Gasteiger partial charge in [-0.3, -0.25) is 4.79 Å². The number of amides is 1. The summed E-state index contributed by atoms with van der Waals surface area (Å²) in [5.74, 6) is -3.72. The molecule has 1 unspecified atom stereocenters. The molecule has 1 heterocycles. The average molecular weight is 469 g/mol. The van der Waals surface area contributed by atoms with Crippen LogP contribution in [-0.4, -0.2) is 44.1 Å². The Morgan fingerprint density at radius 2 is 1.66 bits per heavy atom. The third kappa shape index (κ3) is 6.56. The van der Waals surface area contributed by atoms with Crippen LogP contribution in [0.15, 0.2) is 42.5 Å². The quantitative estimate of drug-likeness (QED) is 0.604. The molecule has 1 atom stereocenters. The summed E-state index contributed by atoms with van der Waals surface area (Å²) in [4.78, 5) is 14.1. The molecule has 1 aliphatic rings. The maximum absolute atomic E-state index is 13.9. The van der Waals surface area contributed by atoms with Crippen LogP contribution < -0.4 is 5.73 Å². The molecule has 2 aromatic rings. The fourth-order valence-corrected chi connectivity index (χ4v) is 5.35. The van der Waals surface area contributed by atoms with Crippen molar-refractivity contribution in [3.05, 3.63) is 71.0 Å². The summed E-state index contributed by atoms with van der Waals surface area (Å²) >= 11 is 0. The van der Waals surface area contributed by atoms with Gasteiger partial charge in [0.2, 0.25) is 5.91 Å². The molecule has 0 aliphatic carbocycles. The Balaban J connectivity index is 1.46. The number of nitrogens with two attached hydrogens (primary N) is 1. The smallest absolute Gasteiger partial charge is 0.223 e. The number of benzene rings is 2. The fraction of sp³-hybridized carbons (Fsp3) is 0.435. The lowest BCUT2D eigenvalue weighted by Gasteiger charge is -2.35. The number of nitrogens with zero attached hydrogens (tertiary/aromatic N) is 1. The number of rotatable bonds is 8. The number of likely N-dealkylation sites (tertiary alicyclic amines) is 1. The number of sulfone groups is 1. The molecule has 2 N–H and O–H groups in total. The maximum atomic E-state index is 13.9. The van der Waals surface area contributed by atoms with Crippen molar-refractivity contribution in [2.45, 2.75) is 37.5 Å². The minimum Gasteiger partial charge on any atom is -0.343 e. The van der Waals surface area contributed by atoms with E-state index in [4.69, 9.17) is 5.73 Å². The van der Waals surface area contributed by atoms with E-state index in [2.05, 4.69) is 0 Å². The molecular formula is C23H27F3N2O3S. The van der Waals surface area contributed by atoms with Gasteiger partial charge in [-0.15, -0.1) is 0 Å². The first-order valence-corrected chi connectivity index (χ1v) is 12.4. The van der Waals surface area contributed by atoms with E-state index in [9.17, 15) is 26.4 Å². The second kappa shape index (κ2) is 10.5. The van der Waals surface area contributed by atoms with Crippen molar-refractivity contribution in [3.8, 4) is 0 Å². The summed E-state index contributed by atoms with van der Waals surface area (Å²) in [5.41, 5.74) is 6.90. The zero-order valence-electron chi connectivity index (χ0n) is 17.6. The summed E-state index contributed by atoms with van der Waals surface area (Å²) in [7, 11) is -3.40. The van der Waals surface area contributed by atoms with E-state index in [1.807, 2.05) is 6.07 Å². The highest BCUT2D eigenvalue weighted by Gasteiger charge is 2.28. The topological polar surface area (TPSA) is 80.5 Å². The number of halogens is 3. The van der Waals surface area contributed by atoms with Crippen LogP contribution in [0, 0.1) is 23.4 Å². The number of carbonyl (C=O) groups excluding carboxylic acids is 1. The van der Waals surface area contributed by atoms with Gasteiger partial charge in [0, 0.05) is 31.6 Å². The molecule has 0 bridgehead atoms. The van der Waals surface area contributed by atoms with Crippen LogP contribution in [-0.2, 0) is 26.8 Å². The fourth-order valence-electron chi connectivity index (χ4n) is 4.02. The molecule has 5 nitrogen and oxygen atoms in total. The molecule has 1 aliphatic heterocycles. The Morgan fingerprint density at radius 3 is 2.31 bits per heavy atom. The number of piperidine rings is 1. The van der Waals surface area contributed by atoms with Gasteiger partial charge in [0.15, 0.2) is 21.5 Å². The third-order valence-corrected chi connectivity index (χ3v) is 7.50. The van der Waals surface area contributed by atoms with Gasteiger partial charge in [-0.1, -0.05) is 30.3 Å². The molecule has 9 heteroatoms. The van der Waals surface area contributed by atoms with Crippen molar-refractivity contribution in [1.82, 2.24) is 4.90 Å². The van der Waals surface area contributed by atoms with Gasteiger partial charge in [-0.2, -0.15) is 0 Å². The summed E-state index contributed by atoms with van der Waals surface area (Å²) in [6.07, 6.45) is 1.15. The molecular weight excluding hydrogens is 441 g/mol. The van der Waals surface area contributed by atoms with Gasteiger partial charge in [0.1, 0.15) is 5.82 Å². The molecule has 3 rings (SSSR count). The molecule has 0 spiro atoms. The molecule has 1 saturated heterocycles. The van der Waals surface area contributed by atoms with Crippen LogP contribution in [0.4, 0.5) is 13.2 Å². The van der Waals surface area contributed by atoms with E-state index >= 15 is 0 Å². The van der Waals surface area contributed by atoms with Gasteiger partial charge >= 0.3 is 0 Å². The van der Waals surface area contributed by atoms with E-state index in [0.717, 1.165) is 6.07 Å². The number of hydrogen-bond donors (Lipinski definition) is 1. The summed E-state index contributed by atoms with van der Waals surface area (Å²) in [5, 5.41) is 0. The zero-order valence-corrected chi connectivity index (χ0v) is 18.5. The predicted molar refractivity (Wildman–Crippen MR) is 116 cm³/mol. The largest absolute Gasteiger partial charge is 0.343 e. The summed E-state index contributed by atoms with van der Waals surface area (Å²) in [6, 6.07) is 9.71. The Labute approximate surface area is 186 Å². The molecule has 0 saturated carbocycles. The maximum Gasteiger partial charge on any atom is 0.223 e. The van der Waals surface area contributed by atoms with Crippen molar-refractivity contribution >= 4 is 15.7 Å². The lowest BCUT2D eigenvalue weighted by atomic mass is 9.86. The summed E-state index contributed by atoms with van der Waals surface area (Å²) < 4.78 is 65.0. The van der Waals surface area contributed by atoms with Gasteiger partial charge in [-0.05, 0) is 42.4 Å². The lowest BCUT2D eigenvalue weighted by Crippen LogP contribution is -2.44. The Kier molecular flexibility index (Phi) is 7.95. The van der Waals surface area contributed by atoms with E-state index in [-0.39, 0.29) is 41.7 Å². The van der Waals surface area contributed by atoms with Crippen molar-refractivity contribution in [2.75, 3.05) is 18.8 Å². The first-order chi connectivity index (χ1) is 15.1. The lowest BCUT2D eigenvalue weighted by molar-refractivity contribution is -0.132. The Hall–Kier alpha value is -2.39. The monoisotopic (exact) mass is 468 g/mol. The number of carbonyl (C=O) groups is 1. The minimum absolute atomic E-state index is 0.00613. The standard InChI is InChI=1S/C23H27F3N2O3S/c24-19-14-21(26)20(25)12-18(19)13-22(27)17-6-9-28(10-7-17)23(29)8-11-32(30,31)15-16-4-2-1-3-5-16/h1-5,12,14,17,22H,6-11,13,15,27H2. The third-order valence-electron chi connectivity index (χ3n) is 5.90. The van der Waals surface area contributed by atoms with E-state index < -0.39 is 33.3 Å². The van der Waals surface area contributed by atoms with Crippen LogP contribution in [0.25, 0.3) is 0 Å². The van der Waals surface area contributed by atoms with Crippen LogP contribution in [0.2, 0.25) is 0 Å². The van der Waals surface area contributed by atoms with Crippen LogP contribution >= 0.6 is 0 Å². The normalized spacial score (nSPS) is 16.2. The molecule has 1 amide bonds. The molecule has 32 heavy (non-hydrogen) atoms. The molecule has 0 radical (unpaired) electrons.